The van der Waals surface area contributed by atoms with E-state index in [1.807, 2.05) is 54.6 Å². The van der Waals surface area contributed by atoms with Gasteiger partial charge in [0.1, 0.15) is 5.82 Å². The first kappa shape index (κ1) is 34.5. The Hall–Kier alpha value is -4.87. The summed E-state index contributed by atoms with van der Waals surface area (Å²) in [5.41, 5.74) is 9.60. The number of aliphatic hydroxyl groups excluding tert-OH is 1. The van der Waals surface area contributed by atoms with E-state index in [-0.39, 0.29) is 18.4 Å². The fraction of sp³-hybridized carbons (Fsp3) is 0.297. The van der Waals surface area contributed by atoms with Crippen LogP contribution in [0.5, 0.6) is 0 Å². The highest BCUT2D eigenvalue weighted by atomic mass is 32.1. The zero-order valence-electron chi connectivity index (χ0n) is 26.1. The van der Waals surface area contributed by atoms with E-state index in [4.69, 9.17) is 15.9 Å². The molecule has 250 valence electrons. The predicted octanol–water partition coefficient (Wildman–Crippen LogP) is 6.10. The standard InChI is InChI=1S/C37H37FN2O7S/c38-26-13-11-24(12-14-26)31(41)20-19-29-33(25-9-4-22(5-10-25)2-1-3-30(36(44)45)37(46)47)40(35(29)43)27-15-6-23(7-16-27)8-17-28-18-21-32(48-28)34(39)42/h4-7,9-16,18,21,29-31,33,41H,1-3,8,17,19-20H2,(H2,39,42)(H,44,45)(H,46,47)/t29-,31+,33-/m1/s1. The second kappa shape index (κ2) is 15.4. The molecule has 4 aromatic rings. The molecule has 9 nitrogen and oxygen atoms in total. The van der Waals surface area contributed by atoms with Crippen molar-refractivity contribution in [3.63, 3.8) is 0 Å². The van der Waals surface area contributed by atoms with Gasteiger partial charge in [0.15, 0.2) is 5.92 Å². The first-order chi connectivity index (χ1) is 23.0. The van der Waals surface area contributed by atoms with Crippen LogP contribution >= 0.6 is 11.3 Å². The molecule has 0 saturated carbocycles. The monoisotopic (exact) mass is 672 g/mol. The number of anilines is 1. The zero-order valence-corrected chi connectivity index (χ0v) is 26.9. The number of amides is 2. The highest BCUT2D eigenvalue weighted by Gasteiger charge is 2.48. The third kappa shape index (κ3) is 8.15. The second-order valence-corrected chi connectivity index (χ2v) is 13.2. The minimum absolute atomic E-state index is 0.0213. The quantitative estimate of drug-likeness (QED) is 0.0828. The summed E-state index contributed by atoms with van der Waals surface area (Å²) in [4.78, 5) is 50.8. The van der Waals surface area contributed by atoms with Gasteiger partial charge in [0.05, 0.1) is 22.9 Å². The minimum Gasteiger partial charge on any atom is -0.481 e. The van der Waals surface area contributed by atoms with Crippen molar-refractivity contribution in [3.8, 4) is 0 Å². The summed E-state index contributed by atoms with van der Waals surface area (Å²) in [6.07, 6.45) is 2.31. The maximum atomic E-state index is 13.6. The number of rotatable bonds is 16. The van der Waals surface area contributed by atoms with Gasteiger partial charge in [-0.15, -0.1) is 11.3 Å². The van der Waals surface area contributed by atoms with E-state index < -0.39 is 41.6 Å². The summed E-state index contributed by atoms with van der Waals surface area (Å²) in [5.74, 6) is -5.42. The highest BCUT2D eigenvalue weighted by molar-refractivity contribution is 7.14. The van der Waals surface area contributed by atoms with E-state index in [0.29, 0.717) is 36.1 Å². The fourth-order valence-electron chi connectivity index (χ4n) is 6.17. The minimum atomic E-state index is -1.44. The smallest absolute Gasteiger partial charge is 0.317 e. The van der Waals surface area contributed by atoms with Gasteiger partial charge in [-0.1, -0.05) is 48.5 Å². The van der Waals surface area contributed by atoms with E-state index in [9.17, 15) is 28.7 Å². The Kier molecular flexibility index (Phi) is 11.0. The molecule has 1 saturated heterocycles. The molecule has 5 N–H and O–H groups in total. The molecule has 1 fully saturated rings. The van der Waals surface area contributed by atoms with Crippen molar-refractivity contribution in [3.05, 3.63) is 123 Å². The lowest BCUT2D eigenvalue weighted by atomic mass is 9.78. The molecule has 3 aromatic carbocycles. The molecule has 1 aliphatic heterocycles. The summed E-state index contributed by atoms with van der Waals surface area (Å²) < 4.78 is 13.4. The molecule has 0 unspecified atom stereocenters. The summed E-state index contributed by atoms with van der Waals surface area (Å²) in [5, 5.41) is 29.1. The molecule has 11 heteroatoms. The number of aryl methyl sites for hydroxylation is 3. The van der Waals surface area contributed by atoms with Crippen LogP contribution in [0.1, 0.15) is 74.6 Å². The molecule has 2 heterocycles. The second-order valence-electron chi connectivity index (χ2n) is 12.1. The summed E-state index contributed by atoms with van der Waals surface area (Å²) in [7, 11) is 0. The third-order valence-corrected chi connectivity index (χ3v) is 10.0. The number of primary amides is 1. The summed E-state index contributed by atoms with van der Waals surface area (Å²) >= 11 is 1.38. The lowest BCUT2D eigenvalue weighted by molar-refractivity contribution is -0.154. The van der Waals surface area contributed by atoms with Gasteiger partial charge in [-0.2, -0.15) is 0 Å². The number of hydrogen-bond acceptors (Lipinski definition) is 6. The van der Waals surface area contributed by atoms with Gasteiger partial charge in [0, 0.05) is 10.6 Å². The van der Waals surface area contributed by atoms with Crippen molar-refractivity contribution < 1.29 is 38.9 Å². The third-order valence-electron chi connectivity index (χ3n) is 8.87. The molecule has 0 bridgehead atoms. The summed E-state index contributed by atoms with van der Waals surface area (Å²) in [6, 6.07) is 24.5. The molecule has 5 rings (SSSR count). The molecule has 48 heavy (non-hydrogen) atoms. The van der Waals surface area contributed by atoms with Crippen LogP contribution in [0.3, 0.4) is 0 Å². The number of benzene rings is 3. The molecule has 0 aliphatic carbocycles. The largest absolute Gasteiger partial charge is 0.481 e. The van der Waals surface area contributed by atoms with Crippen LogP contribution in [0.15, 0.2) is 84.9 Å². The maximum absolute atomic E-state index is 13.6. The molecule has 1 aliphatic rings. The van der Waals surface area contributed by atoms with Crippen LogP contribution in [0.2, 0.25) is 0 Å². The Labute approximate surface area is 281 Å². The van der Waals surface area contributed by atoms with Crippen molar-refractivity contribution in [1.29, 1.82) is 0 Å². The number of aliphatic hydroxyl groups is 1. The number of thiophene rings is 1. The van der Waals surface area contributed by atoms with Crippen LogP contribution < -0.4 is 10.6 Å². The van der Waals surface area contributed by atoms with Gasteiger partial charge in [-0.25, -0.2) is 4.39 Å². The van der Waals surface area contributed by atoms with Gasteiger partial charge in [-0.05, 0) is 104 Å². The molecule has 3 atom stereocenters. The number of aliphatic carboxylic acids is 2. The van der Waals surface area contributed by atoms with Gasteiger partial charge >= 0.3 is 11.9 Å². The number of nitrogens with zero attached hydrogens (tertiary/aromatic N) is 1. The molecule has 0 spiro atoms. The van der Waals surface area contributed by atoms with Crippen molar-refractivity contribution >= 4 is 40.8 Å². The Balaban J connectivity index is 1.29. The van der Waals surface area contributed by atoms with E-state index in [0.717, 1.165) is 40.1 Å². The lowest BCUT2D eigenvalue weighted by Crippen LogP contribution is -2.55. The molecule has 0 radical (unpaired) electrons. The molecule has 2 amide bonds. The fourth-order valence-corrected chi connectivity index (χ4v) is 7.03. The van der Waals surface area contributed by atoms with E-state index in [1.165, 1.54) is 35.6 Å². The average Bonchev–Trinajstić information content (AvgIpc) is 3.55. The van der Waals surface area contributed by atoms with Crippen molar-refractivity contribution in [1.82, 2.24) is 0 Å². The number of carbonyl (C=O) groups is 4. The number of carboxylic acid groups (broad SMARTS) is 2. The van der Waals surface area contributed by atoms with Crippen molar-refractivity contribution in [2.24, 2.45) is 17.6 Å². The van der Waals surface area contributed by atoms with E-state index in [2.05, 4.69) is 0 Å². The Morgan fingerprint density at radius 2 is 1.44 bits per heavy atom. The average molecular weight is 673 g/mol. The predicted molar refractivity (Wildman–Crippen MR) is 179 cm³/mol. The number of carboxylic acids is 2. The first-order valence-electron chi connectivity index (χ1n) is 15.8. The number of β-lactam (4-membered cyclic amide) rings is 1. The van der Waals surface area contributed by atoms with E-state index in [1.54, 1.807) is 11.0 Å². The van der Waals surface area contributed by atoms with Crippen LogP contribution in [0.25, 0.3) is 0 Å². The topological polar surface area (TPSA) is 158 Å². The number of carbonyl (C=O) groups excluding carboxylic acids is 2. The van der Waals surface area contributed by atoms with Crippen LogP contribution in [0.4, 0.5) is 10.1 Å². The van der Waals surface area contributed by atoms with Gasteiger partial charge < -0.3 is 26.0 Å². The zero-order chi connectivity index (χ0) is 34.4. The molecular weight excluding hydrogens is 635 g/mol. The number of hydrogen-bond donors (Lipinski definition) is 4. The molecular formula is C37H37FN2O7S. The van der Waals surface area contributed by atoms with Crippen LogP contribution in [-0.4, -0.2) is 39.1 Å². The normalized spacial score (nSPS) is 16.5. The van der Waals surface area contributed by atoms with Crippen LogP contribution in [-0.2, 0) is 33.6 Å². The van der Waals surface area contributed by atoms with Gasteiger partial charge in [0.25, 0.3) is 5.91 Å². The van der Waals surface area contributed by atoms with Crippen LogP contribution in [0, 0.1) is 17.7 Å². The number of nitrogens with two attached hydrogens (primary N) is 1. The highest BCUT2D eigenvalue weighted by Crippen LogP contribution is 2.46. The summed E-state index contributed by atoms with van der Waals surface area (Å²) in [6.45, 7) is 0. The Morgan fingerprint density at radius 1 is 0.812 bits per heavy atom. The molecule has 1 aromatic heterocycles. The van der Waals surface area contributed by atoms with Gasteiger partial charge in [0.2, 0.25) is 5.91 Å². The number of halogens is 1. The van der Waals surface area contributed by atoms with Crippen molar-refractivity contribution in [2.45, 2.75) is 57.1 Å². The van der Waals surface area contributed by atoms with Gasteiger partial charge in [-0.3, -0.25) is 19.2 Å². The van der Waals surface area contributed by atoms with Crippen molar-refractivity contribution in [2.75, 3.05) is 4.90 Å². The Morgan fingerprint density at radius 3 is 2.04 bits per heavy atom. The maximum Gasteiger partial charge on any atom is 0.317 e. The lowest BCUT2D eigenvalue weighted by Gasteiger charge is -2.48. The SMILES string of the molecule is NC(=O)c1ccc(CCc2ccc(N3C(=O)[C@H](CC[C@H](O)c4ccc(F)cc4)[C@H]3c3ccc(CCCC(C(=O)O)C(=O)O)cc3)cc2)s1. The Bertz CT molecular complexity index is 1740. The first-order valence-corrected chi connectivity index (χ1v) is 16.6. The van der Waals surface area contributed by atoms with E-state index >= 15 is 0 Å².